The van der Waals surface area contributed by atoms with Crippen molar-refractivity contribution in [2.75, 3.05) is 18.5 Å². The number of anilines is 1. The summed E-state index contributed by atoms with van der Waals surface area (Å²) in [7, 11) is 0. The fourth-order valence-corrected chi connectivity index (χ4v) is 1.67. The summed E-state index contributed by atoms with van der Waals surface area (Å²) in [5.41, 5.74) is 1.68. The van der Waals surface area contributed by atoms with Crippen LogP contribution in [-0.2, 0) is 9.47 Å². The van der Waals surface area contributed by atoms with Crippen LogP contribution in [0.4, 0.5) is 10.7 Å². The maximum Gasteiger partial charge on any atom is 0.413 e. The molecule has 1 heterocycles. The number of fused-ring (bicyclic) bond motifs is 1. The van der Waals surface area contributed by atoms with Gasteiger partial charge in [-0.25, -0.2) is 14.6 Å². The van der Waals surface area contributed by atoms with E-state index >= 15 is 0 Å². The molecule has 0 atom stereocenters. The van der Waals surface area contributed by atoms with Gasteiger partial charge in [0, 0.05) is 0 Å². The van der Waals surface area contributed by atoms with Gasteiger partial charge < -0.3 is 14.5 Å². The van der Waals surface area contributed by atoms with Gasteiger partial charge in [0.05, 0.1) is 29.8 Å². The number of ether oxygens (including phenoxy) is 2. The third kappa shape index (κ3) is 4.09. The molecule has 0 radical (unpaired) electrons. The minimum absolute atomic E-state index is 0. The molecule has 1 aromatic heterocycles. The van der Waals surface area contributed by atoms with Crippen LogP contribution in [0.1, 0.15) is 24.2 Å². The Morgan fingerprint density at radius 1 is 1.24 bits per heavy atom. The lowest BCUT2D eigenvalue weighted by atomic mass is 10.2. The topological polar surface area (TPSA) is 93.3 Å². The summed E-state index contributed by atoms with van der Waals surface area (Å²) < 4.78 is 9.67. The summed E-state index contributed by atoms with van der Waals surface area (Å²) in [5, 5.41) is 2.46. The number of aromatic amines is 1. The number of imidazole rings is 1. The molecule has 0 fully saturated rings. The van der Waals surface area contributed by atoms with Gasteiger partial charge in [0.15, 0.2) is 0 Å². The van der Waals surface area contributed by atoms with Crippen molar-refractivity contribution < 1.29 is 19.1 Å². The summed E-state index contributed by atoms with van der Waals surface area (Å²) in [6.07, 6.45) is -0.586. The lowest BCUT2D eigenvalue weighted by Crippen LogP contribution is -2.14. The number of halogens is 1. The second-order valence-electron chi connectivity index (χ2n) is 3.88. The standard InChI is InChI=1S/C13H15N3O4.ClH/c1-3-19-11(17)8-5-6-9-10(7-8)15-12(14-9)16-13(18)20-4-2;/h5-7H,3-4H2,1-2H3,(H2,14,15,16,18);1H. The largest absolute Gasteiger partial charge is 0.462 e. The van der Waals surface area contributed by atoms with E-state index in [1.807, 2.05) is 0 Å². The van der Waals surface area contributed by atoms with Gasteiger partial charge in [-0.15, -0.1) is 12.4 Å². The van der Waals surface area contributed by atoms with Gasteiger partial charge in [0.1, 0.15) is 0 Å². The molecule has 114 valence electrons. The van der Waals surface area contributed by atoms with Crippen molar-refractivity contribution in [1.29, 1.82) is 0 Å². The van der Waals surface area contributed by atoms with Crippen LogP contribution >= 0.6 is 12.4 Å². The third-order valence-electron chi connectivity index (χ3n) is 2.49. The molecule has 1 amide bonds. The van der Waals surface area contributed by atoms with E-state index < -0.39 is 12.1 Å². The normalized spacial score (nSPS) is 9.81. The van der Waals surface area contributed by atoms with Crippen LogP contribution in [0.5, 0.6) is 0 Å². The fraction of sp³-hybridized carbons (Fsp3) is 0.308. The highest BCUT2D eigenvalue weighted by Crippen LogP contribution is 2.17. The lowest BCUT2D eigenvalue weighted by molar-refractivity contribution is 0.0526. The molecule has 0 saturated heterocycles. The summed E-state index contributed by atoms with van der Waals surface area (Å²) in [4.78, 5) is 29.9. The zero-order chi connectivity index (χ0) is 14.5. The van der Waals surface area contributed by atoms with Crippen LogP contribution in [0.3, 0.4) is 0 Å². The first-order chi connectivity index (χ1) is 9.63. The number of H-pyrrole nitrogens is 1. The third-order valence-corrected chi connectivity index (χ3v) is 2.49. The average Bonchev–Trinajstić information content (AvgIpc) is 2.80. The van der Waals surface area contributed by atoms with Gasteiger partial charge in [0.25, 0.3) is 0 Å². The first-order valence-electron chi connectivity index (χ1n) is 6.24. The van der Waals surface area contributed by atoms with Crippen LogP contribution in [0.2, 0.25) is 0 Å². The number of carbonyl (C=O) groups excluding carboxylic acids is 2. The van der Waals surface area contributed by atoms with Crippen LogP contribution in [0.15, 0.2) is 18.2 Å². The van der Waals surface area contributed by atoms with Crippen molar-refractivity contribution in [3.8, 4) is 0 Å². The summed E-state index contributed by atoms with van der Waals surface area (Å²) >= 11 is 0. The van der Waals surface area contributed by atoms with Gasteiger partial charge in [0.2, 0.25) is 5.95 Å². The van der Waals surface area contributed by atoms with Gasteiger partial charge in [-0.1, -0.05) is 0 Å². The van der Waals surface area contributed by atoms with Crippen LogP contribution < -0.4 is 5.32 Å². The van der Waals surface area contributed by atoms with Crippen LogP contribution in [0, 0.1) is 0 Å². The van der Waals surface area contributed by atoms with E-state index in [1.54, 1.807) is 32.0 Å². The van der Waals surface area contributed by atoms with Crippen LogP contribution in [0.25, 0.3) is 11.0 Å². The number of aromatic nitrogens is 2. The zero-order valence-corrected chi connectivity index (χ0v) is 12.5. The van der Waals surface area contributed by atoms with Crippen molar-refractivity contribution in [2.45, 2.75) is 13.8 Å². The molecule has 2 aromatic rings. The SMILES string of the molecule is CCOC(=O)Nc1nc2ccc(C(=O)OCC)cc2[nH]1.Cl. The van der Waals surface area contributed by atoms with Gasteiger partial charge in [-0.05, 0) is 32.0 Å². The zero-order valence-electron chi connectivity index (χ0n) is 11.6. The molecule has 2 rings (SSSR count). The predicted molar refractivity (Wildman–Crippen MR) is 79.9 cm³/mol. The van der Waals surface area contributed by atoms with E-state index in [9.17, 15) is 9.59 Å². The van der Waals surface area contributed by atoms with Crippen molar-refractivity contribution >= 4 is 41.5 Å². The summed E-state index contributed by atoms with van der Waals surface area (Å²) in [5.74, 6) is -0.136. The molecule has 0 aliphatic rings. The Morgan fingerprint density at radius 3 is 2.62 bits per heavy atom. The number of hydrogen-bond donors (Lipinski definition) is 2. The molecular weight excluding hydrogens is 298 g/mol. The molecule has 0 aliphatic carbocycles. The van der Waals surface area contributed by atoms with E-state index in [2.05, 4.69) is 15.3 Å². The maximum absolute atomic E-state index is 11.6. The fourth-order valence-electron chi connectivity index (χ4n) is 1.67. The summed E-state index contributed by atoms with van der Waals surface area (Å²) in [6, 6.07) is 4.92. The highest BCUT2D eigenvalue weighted by molar-refractivity contribution is 5.94. The second-order valence-corrected chi connectivity index (χ2v) is 3.88. The minimum Gasteiger partial charge on any atom is -0.462 e. The van der Waals surface area contributed by atoms with Crippen molar-refractivity contribution in [2.24, 2.45) is 0 Å². The Bertz CT molecular complexity index is 641. The van der Waals surface area contributed by atoms with E-state index in [0.29, 0.717) is 23.2 Å². The van der Waals surface area contributed by atoms with Crippen LogP contribution in [-0.4, -0.2) is 35.2 Å². The second kappa shape index (κ2) is 7.49. The number of rotatable bonds is 4. The first kappa shape index (κ1) is 16.8. The van der Waals surface area contributed by atoms with Crippen molar-refractivity contribution in [3.05, 3.63) is 23.8 Å². The Kier molecular flexibility index (Phi) is 5.98. The highest BCUT2D eigenvalue weighted by Gasteiger charge is 2.11. The van der Waals surface area contributed by atoms with Gasteiger partial charge in [-0.2, -0.15) is 0 Å². The number of nitrogens with zero attached hydrogens (tertiary/aromatic N) is 1. The number of benzene rings is 1. The molecule has 2 N–H and O–H groups in total. The molecular formula is C13H16ClN3O4. The molecule has 0 spiro atoms. The average molecular weight is 314 g/mol. The molecule has 0 bridgehead atoms. The smallest absolute Gasteiger partial charge is 0.413 e. The number of hydrogen-bond acceptors (Lipinski definition) is 5. The van der Waals surface area contributed by atoms with E-state index in [1.165, 1.54) is 0 Å². The summed E-state index contributed by atoms with van der Waals surface area (Å²) in [6.45, 7) is 4.05. The van der Waals surface area contributed by atoms with E-state index in [0.717, 1.165) is 0 Å². The van der Waals surface area contributed by atoms with E-state index in [4.69, 9.17) is 9.47 Å². The van der Waals surface area contributed by atoms with Gasteiger partial charge >= 0.3 is 12.1 Å². The predicted octanol–water partition coefficient (Wildman–Crippen LogP) is 2.73. The number of esters is 1. The maximum atomic E-state index is 11.6. The quantitative estimate of drug-likeness (QED) is 0.846. The Labute approximate surface area is 127 Å². The molecule has 0 unspecified atom stereocenters. The highest BCUT2D eigenvalue weighted by atomic mass is 35.5. The van der Waals surface area contributed by atoms with Gasteiger partial charge in [-0.3, -0.25) is 5.32 Å². The molecule has 1 aromatic carbocycles. The van der Waals surface area contributed by atoms with Crippen molar-refractivity contribution in [3.63, 3.8) is 0 Å². The number of carbonyl (C=O) groups is 2. The Balaban J connectivity index is 0.00000220. The first-order valence-corrected chi connectivity index (χ1v) is 6.24. The Morgan fingerprint density at radius 2 is 1.95 bits per heavy atom. The Hall–Kier alpha value is -2.28. The number of amides is 1. The molecule has 0 aliphatic heterocycles. The lowest BCUT2D eigenvalue weighted by Gasteiger charge is -2.00. The van der Waals surface area contributed by atoms with Crippen molar-refractivity contribution in [1.82, 2.24) is 9.97 Å². The molecule has 8 heteroatoms. The minimum atomic E-state index is -0.586. The molecule has 21 heavy (non-hydrogen) atoms. The monoisotopic (exact) mass is 313 g/mol. The number of nitrogens with one attached hydrogen (secondary N) is 2. The molecule has 0 saturated carbocycles. The molecule has 7 nitrogen and oxygen atoms in total. The van der Waals surface area contributed by atoms with E-state index in [-0.39, 0.29) is 25.0 Å².